The zero-order chi connectivity index (χ0) is 8.27. The van der Waals surface area contributed by atoms with Crippen LogP contribution in [0.1, 0.15) is 6.42 Å². The van der Waals surface area contributed by atoms with E-state index in [-0.39, 0.29) is 71.1 Å². The minimum absolute atomic E-state index is 0. The molecule has 8 heteroatoms. The molecule has 1 aliphatic rings. The molecule has 0 aromatic rings. The molecule has 0 spiro atoms. The molecule has 74 valence electrons. The van der Waals surface area contributed by atoms with Gasteiger partial charge in [0.1, 0.15) is 0 Å². The Morgan fingerprint density at radius 3 is 2.50 bits per heavy atom. The second-order valence-corrected chi connectivity index (χ2v) is 2.35. The summed E-state index contributed by atoms with van der Waals surface area (Å²) in [5, 5.41) is 22.6. The van der Waals surface area contributed by atoms with E-state index in [4.69, 9.17) is 10.2 Å². The summed E-state index contributed by atoms with van der Waals surface area (Å²) in [7, 11) is 0. The van der Waals surface area contributed by atoms with Gasteiger partial charge in [-0.05, 0) is 0 Å². The second-order valence-electron chi connectivity index (χ2n) is 2.35. The van der Waals surface area contributed by atoms with Gasteiger partial charge in [-0.1, -0.05) is 0 Å². The number of aliphatic hydroxyl groups is 1. The average Bonchev–Trinajstić information content (AvgIpc) is 2.39. The first-order valence-electron chi connectivity index (χ1n) is 3.38. The molecule has 1 rings (SSSR count). The molecule has 0 fully saturated rings. The van der Waals surface area contributed by atoms with Gasteiger partial charge in [0.05, 0.1) is 6.54 Å². The number of carbonyl (C=O) groups is 1. The van der Waals surface area contributed by atoms with E-state index in [0.717, 1.165) is 6.42 Å². The number of nitrogens with zero attached hydrogens (tertiary/aromatic N) is 2. The molecule has 6 nitrogen and oxygen atoms in total. The Morgan fingerprint density at radius 2 is 2.14 bits per heavy atom. The number of carboxylic acid groups (broad SMARTS) is 1. The summed E-state index contributed by atoms with van der Waals surface area (Å²) in [4.78, 5) is 10.2. The Balaban J connectivity index is -0.000000403. The van der Waals surface area contributed by atoms with Crippen LogP contribution in [0, 0.1) is 0 Å². The van der Waals surface area contributed by atoms with Crippen molar-refractivity contribution >= 4 is 71.3 Å². The summed E-state index contributed by atoms with van der Waals surface area (Å²) in [6, 6.07) is 0. The van der Waals surface area contributed by atoms with Gasteiger partial charge in [0, 0.05) is 19.2 Å². The van der Waals surface area contributed by atoms with Gasteiger partial charge in [-0.15, -0.1) is 0 Å². The summed E-state index contributed by atoms with van der Waals surface area (Å²) < 4.78 is 0. The molecule has 0 radical (unpaired) electrons. The van der Waals surface area contributed by atoms with Crippen molar-refractivity contribution in [2.75, 3.05) is 13.1 Å². The van der Waals surface area contributed by atoms with Gasteiger partial charge in [0.25, 0.3) is 0 Å². The molecule has 0 aliphatic carbocycles. The molecule has 0 aromatic carbocycles. The minimum atomic E-state index is -1.33. The predicted octanol–water partition coefficient (Wildman–Crippen LogP) is -3.00. The Labute approximate surface area is 126 Å². The molecule has 0 bridgehead atoms. The third-order valence-electron chi connectivity index (χ3n) is 1.43. The Hall–Kier alpha value is 0.860. The first-order valence-corrected chi connectivity index (χ1v) is 3.38. The Kier molecular flexibility index (Phi) is 15.0. The molecule has 1 atom stereocenters. The van der Waals surface area contributed by atoms with Crippen molar-refractivity contribution in [1.29, 1.82) is 0 Å². The van der Waals surface area contributed by atoms with E-state index >= 15 is 0 Å². The average molecular weight is 224 g/mol. The van der Waals surface area contributed by atoms with Crippen molar-refractivity contribution in [3.05, 3.63) is 0 Å². The molecular formula is C6H14N2Na2O4. The number of β-amino-alcohol motifs (C(OH)–C–C–N with tert-alkyl or cyclic N) is 1. The van der Waals surface area contributed by atoms with Crippen LogP contribution in [0.5, 0.6) is 0 Å². The van der Waals surface area contributed by atoms with Gasteiger partial charge in [0.15, 0.2) is 6.10 Å². The van der Waals surface area contributed by atoms with Crippen LogP contribution in [-0.2, 0) is 4.79 Å². The normalized spacial score (nSPS) is 14.8. The van der Waals surface area contributed by atoms with Crippen molar-refractivity contribution in [2.45, 2.75) is 12.5 Å². The van der Waals surface area contributed by atoms with Crippen LogP contribution < -0.4 is 0 Å². The molecule has 4 N–H and O–H groups in total. The number of carboxylic acids is 1. The van der Waals surface area contributed by atoms with Crippen molar-refractivity contribution < 1.29 is 20.5 Å². The monoisotopic (exact) mass is 224 g/mol. The van der Waals surface area contributed by atoms with Crippen LogP contribution in [0.2, 0.25) is 0 Å². The third kappa shape index (κ3) is 7.19. The van der Waals surface area contributed by atoms with Crippen LogP contribution in [0.25, 0.3) is 0 Å². The molecule has 14 heavy (non-hydrogen) atoms. The Morgan fingerprint density at radius 1 is 1.57 bits per heavy atom. The van der Waals surface area contributed by atoms with Gasteiger partial charge < -0.3 is 15.7 Å². The number of hydrogen-bond acceptors (Lipinski definition) is 4. The van der Waals surface area contributed by atoms with Crippen LogP contribution >= 0.6 is 0 Å². The van der Waals surface area contributed by atoms with Crippen molar-refractivity contribution in [3.63, 3.8) is 0 Å². The fourth-order valence-electron chi connectivity index (χ4n) is 0.854. The maximum atomic E-state index is 10.2. The van der Waals surface area contributed by atoms with E-state index in [1.165, 1.54) is 0 Å². The van der Waals surface area contributed by atoms with E-state index in [0.29, 0.717) is 6.54 Å². The summed E-state index contributed by atoms with van der Waals surface area (Å²) in [5.74, 6) is -1.20. The zero-order valence-corrected chi connectivity index (χ0v) is 6.47. The fourth-order valence-corrected chi connectivity index (χ4v) is 0.854. The van der Waals surface area contributed by atoms with Crippen molar-refractivity contribution in [1.82, 2.24) is 5.01 Å². The first kappa shape index (κ1) is 20.3. The van der Waals surface area contributed by atoms with E-state index < -0.39 is 12.1 Å². The third-order valence-corrected chi connectivity index (χ3v) is 1.43. The molecule has 0 saturated heterocycles. The number of rotatable bonds is 3. The van der Waals surface area contributed by atoms with Gasteiger partial charge >= 0.3 is 65.1 Å². The van der Waals surface area contributed by atoms with Gasteiger partial charge in [-0.25, -0.2) is 4.79 Å². The van der Waals surface area contributed by atoms with E-state index in [9.17, 15) is 4.79 Å². The number of aliphatic hydroxyl groups excluding tert-OH is 1. The summed E-state index contributed by atoms with van der Waals surface area (Å²) in [6.45, 7) is 0.774. The van der Waals surface area contributed by atoms with Crippen LogP contribution in [0.15, 0.2) is 5.10 Å². The van der Waals surface area contributed by atoms with Gasteiger partial charge in [-0.2, -0.15) is 5.10 Å². The number of aliphatic carboxylic acids is 1. The molecule has 0 amide bonds. The van der Waals surface area contributed by atoms with Crippen LogP contribution in [-0.4, -0.2) is 111 Å². The maximum absolute atomic E-state index is 10.2. The van der Waals surface area contributed by atoms with Gasteiger partial charge in [-0.3, -0.25) is 5.01 Å². The van der Waals surface area contributed by atoms with Crippen molar-refractivity contribution in [2.24, 2.45) is 5.10 Å². The summed E-state index contributed by atoms with van der Waals surface area (Å²) in [6.07, 6.45) is 1.20. The topological polar surface area (TPSA) is 105 Å². The number of hydrazone groups is 1. The molecular weight excluding hydrogens is 210 g/mol. The SMILES string of the molecule is O.O=C(O)C(O)CN1CCC=N1.[NaH].[NaH]. The van der Waals surface area contributed by atoms with E-state index in [1.807, 2.05) is 0 Å². The zero-order valence-electron chi connectivity index (χ0n) is 6.47. The summed E-state index contributed by atoms with van der Waals surface area (Å²) in [5.41, 5.74) is 0. The first-order chi connectivity index (χ1) is 5.20. The molecule has 1 unspecified atom stereocenters. The fraction of sp³-hybridized carbons (Fsp3) is 0.667. The molecule has 0 saturated carbocycles. The van der Waals surface area contributed by atoms with Gasteiger partial charge in [0.2, 0.25) is 0 Å². The Bertz CT molecular complexity index is 191. The van der Waals surface area contributed by atoms with E-state index in [1.54, 1.807) is 11.2 Å². The van der Waals surface area contributed by atoms with E-state index in [2.05, 4.69) is 5.10 Å². The molecule has 1 heterocycles. The summed E-state index contributed by atoms with van der Waals surface area (Å²) >= 11 is 0. The molecule has 1 aliphatic heterocycles. The predicted molar refractivity (Wildman–Crippen MR) is 56.2 cm³/mol. The number of hydrogen-bond donors (Lipinski definition) is 2. The second kappa shape index (κ2) is 10.4. The quantitative estimate of drug-likeness (QED) is 0.498. The standard InChI is InChI=1S/C6H10N2O3.2Na.H2O.2H/c9-5(6(10)11)4-8-3-1-2-7-8;;;;;/h2,5,9H,1,3-4H2,(H,10,11);;;1H2;;. The van der Waals surface area contributed by atoms with Crippen LogP contribution in [0.4, 0.5) is 0 Å². The van der Waals surface area contributed by atoms with Crippen LogP contribution in [0.3, 0.4) is 0 Å². The van der Waals surface area contributed by atoms with Crippen molar-refractivity contribution in [3.8, 4) is 0 Å². The molecule has 0 aromatic heterocycles.